The second kappa shape index (κ2) is 7.59. The fourth-order valence-corrected chi connectivity index (χ4v) is 5.06. The Labute approximate surface area is 163 Å². The molecule has 0 radical (unpaired) electrons. The van der Waals surface area contributed by atoms with E-state index in [9.17, 15) is 4.79 Å². The van der Waals surface area contributed by atoms with Crippen LogP contribution < -0.4 is 10.1 Å². The highest BCUT2D eigenvalue weighted by Crippen LogP contribution is 2.34. The fraction of sp³-hybridized carbons (Fsp3) is 0.450. The molecular weight excluding hydrogens is 368 g/mol. The third kappa shape index (κ3) is 3.90. The lowest BCUT2D eigenvalue weighted by Crippen LogP contribution is -2.48. The van der Waals surface area contributed by atoms with Crippen molar-refractivity contribution in [3.8, 4) is 5.75 Å². The topological polar surface area (TPSA) is 41.6 Å². The third-order valence-corrected chi connectivity index (χ3v) is 6.73. The van der Waals surface area contributed by atoms with E-state index in [2.05, 4.69) is 17.3 Å². The molecule has 1 amide bonds. The van der Waals surface area contributed by atoms with Crippen LogP contribution in [0.1, 0.15) is 40.9 Å². The highest BCUT2D eigenvalue weighted by atomic mass is 35.5. The van der Waals surface area contributed by atoms with E-state index in [4.69, 9.17) is 16.3 Å². The molecule has 2 aliphatic rings. The van der Waals surface area contributed by atoms with E-state index in [1.165, 1.54) is 24.2 Å². The molecule has 0 aliphatic carbocycles. The van der Waals surface area contributed by atoms with Gasteiger partial charge < -0.3 is 15.0 Å². The number of benzene rings is 1. The van der Waals surface area contributed by atoms with Crippen LogP contribution in [0.2, 0.25) is 5.02 Å². The largest absolute Gasteiger partial charge is 0.489 e. The summed E-state index contributed by atoms with van der Waals surface area (Å²) < 4.78 is 5.75. The van der Waals surface area contributed by atoms with Crippen LogP contribution in [0.4, 0.5) is 0 Å². The summed E-state index contributed by atoms with van der Waals surface area (Å²) in [5.41, 5.74) is 1.00. The molecule has 0 saturated carbocycles. The first kappa shape index (κ1) is 17.8. The van der Waals surface area contributed by atoms with Crippen molar-refractivity contribution in [1.29, 1.82) is 0 Å². The first-order chi connectivity index (χ1) is 12.6. The molecule has 26 heavy (non-hydrogen) atoms. The second-order valence-electron chi connectivity index (χ2n) is 7.26. The van der Waals surface area contributed by atoms with Crippen molar-refractivity contribution >= 4 is 28.8 Å². The number of amides is 1. The number of carbonyl (C=O) groups excluding carboxylic acids is 1. The van der Waals surface area contributed by atoms with Gasteiger partial charge in [-0.05, 0) is 62.4 Å². The van der Waals surface area contributed by atoms with Gasteiger partial charge in [0.05, 0.1) is 4.88 Å². The van der Waals surface area contributed by atoms with Crippen LogP contribution in [-0.2, 0) is 6.61 Å². The zero-order chi connectivity index (χ0) is 18.1. The fourth-order valence-electron chi connectivity index (χ4n) is 4.08. The Bertz CT molecular complexity index is 780. The summed E-state index contributed by atoms with van der Waals surface area (Å²) in [7, 11) is 2.21. The number of piperidine rings is 1. The number of rotatable bonds is 5. The molecule has 3 heterocycles. The predicted molar refractivity (Wildman–Crippen MR) is 105 cm³/mol. The number of ether oxygens (including phenoxy) is 1. The average molecular weight is 391 g/mol. The molecule has 2 fully saturated rings. The van der Waals surface area contributed by atoms with E-state index in [0.29, 0.717) is 29.8 Å². The van der Waals surface area contributed by atoms with Gasteiger partial charge in [0.25, 0.3) is 5.91 Å². The van der Waals surface area contributed by atoms with Crippen LogP contribution >= 0.6 is 22.9 Å². The Morgan fingerprint density at radius 3 is 2.81 bits per heavy atom. The lowest BCUT2D eigenvalue weighted by Gasteiger charge is -2.36. The van der Waals surface area contributed by atoms with Gasteiger partial charge in [-0.15, -0.1) is 11.3 Å². The molecule has 4 nitrogen and oxygen atoms in total. The molecule has 2 atom stereocenters. The molecule has 6 heteroatoms. The first-order valence-electron chi connectivity index (χ1n) is 9.07. The van der Waals surface area contributed by atoms with Gasteiger partial charge in [0.1, 0.15) is 12.4 Å². The summed E-state index contributed by atoms with van der Waals surface area (Å²) in [6.45, 7) is 0.433. The van der Waals surface area contributed by atoms with E-state index in [1.54, 1.807) is 6.07 Å². The minimum Gasteiger partial charge on any atom is -0.489 e. The molecule has 0 spiro atoms. The Morgan fingerprint density at radius 2 is 2.08 bits per heavy atom. The zero-order valence-electron chi connectivity index (χ0n) is 14.8. The van der Waals surface area contributed by atoms with Crippen LogP contribution in [0.25, 0.3) is 0 Å². The number of hydrogen-bond acceptors (Lipinski definition) is 4. The van der Waals surface area contributed by atoms with Gasteiger partial charge in [0.15, 0.2) is 0 Å². The van der Waals surface area contributed by atoms with E-state index in [1.807, 2.05) is 29.6 Å². The van der Waals surface area contributed by atoms with Gasteiger partial charge >= 0.3 is 0 Å². The number of hydrogen-bond donors (Lipinski definition) is 1. The maximum absolute atomic E-state index is 12.6. The molecule has 2 aromatic rings. The van der Waals surface area contributed by atoms with Crippen molar-refractivity contribution in [1.82, 2.24) is 10.2 Å². The van der Waals surface area contributed by atoms with Crippen molar-refractivity contribution in [2.45, 2.75) is 50.4 Å². The highest BCUT2D eigenvalue weighted by molar-refractivity contribution is 7.12. The van der Waals surface area contributed by atoms with Crippen molar-refractivity contribution < 1.29 is 9.53 Å². The number of nitrogens with zero attached hydrogens (tertiary/aromatic N) is 1. The summed E-state index contributed by atoms with van der Waals surface area (Å²) in [6.07, 6.45) is 4.65. The molecule has 2 saturated heterocycles. The number of fused-ring (bicyclic) bond motifs is 2. The Balaban J connectivity index is 1.32. The van der Waals surface area contributed by atoms with Gasteiger partial charge in [-0.25, -0.2) is 0 Å². The number of carbonyl (C=O) groups is 1. The number of halogens is 1. The number of thiophene rings is 1. The molecular formula is C20H23ClN2O2S. The molecule has 4 rings (SSSR count). The van der Waals surface area contributed by atoms with Gasteiger partial charge in [-0.3, -0.25) is 4.79 Å². The van der Waals surface area contributed by atoms with E-state index < -0.39 is 0 Å². The molecule has 2 unspecified atom stereocenters. The van der Waals surface area contributed by atoms with Crippen LogP contribution in [-0.4, -0.2) is 36.0 Å². The lowest BCUT2D eigenvalue weighted by molar-refractivity contribution is 0.0886. The average Bonchev–Trinajstić information content (AvgIpc) is 3.16. The van der Waals surface area contributed by atoms with Gasteiger partial charge in [0.2, 0.25) is 0 Å². The summed E-state index contributed by atoms with van der Waals surface area (Å²) in [6, 6.07) is 10.8. The zero-order valence-corrected chi connectivity index (χ0v) is 16.4. The smallest absolute Gasteiger partial charge is 0.261 e. The van der Waals surface area contributed by atoms with Crippen molar-refractivity contribution in [2.24, 2.45) is 0 Å². The Hall–Kier alpha value is -1.56. The van der Waals surface area contributed by atoms with Crippen LogP contribution in [0.15, 0.2) is 35.7 Å². The van der Waals surface area contributed by atoms with E-state index >= 15 is 0 Å². The molecule has 1 aromatic heterocycles. The highest BCUT2D eigenvalue weighted by Gasteiger charge is 2.38. The summed E-state index contributed by atoms with van der Waals surface area (Å²) in [5.74, 6) is 0.773. The molecule has 138 valence electrons. The van der Waals surface area contributed by atoms with Gasteiger partial charge in [0, 0.05) is 28.7 Å². The van der Waals surface area contributed by atoms with E-state index in [-0.39, 0.29) is 5.91 Å². The van der Waals surface area contributed by atoms with Crippen LogP contribution in [0, 0.1) is 0 Å². The van der Waals surface area contributed by atoms with Crippen LogP contribution in [0.3, 0.4) is 0 Å². The van der Waals surface area contributed by atoms with Crippen molar-refractivity contribution in [3.05, 3.63) is 51.2 Å². The van der Waals surface area contributed by atoms with Gasteiger partial charge in [-0.1, -0.05) is 17.7 Å². The lowest BCUT2D eigenvalue weighted by atomic mass is 9.98. The molecule has 2 bridgehead atoms. The SMILES string of the molecule is CN1C2CCC1CC(NC(=O)c1cc(COc3cccc(Cl)c3)cs1)C2. The summed E-state index contributed by atoms with van der Waals surface area (Å²) in [5, 5.41) is 5.87. The monoisotopic (exact) mass is 390 g/mol. The maximum atomic E-state index is 12.6. The summed E-state index contributed by atoms with van der Waals surface area (Å²) in [4.78, 5) is 15.8. The standard InChI is InChI=1S/C20H23ClN2O2S/c1-23-16-5-6-17(23)10-15(9-16)22-20(24)19-7-13(12-26-19)11-25-18-4-2-3-14(21)8-18/h2-4,7-8,12,15-17H,5-6,9-11H2,1H3,(H,22,24). The maximum Gasteiger partial charge on any atom is 0.261 e. The molecule has 1 N–H and O–H groups in total. The molecule has 2 aliphatic heterocycles. The first-order valence-corrected chi connectivity index (χ1v) is 10.3. The Kier molecular flexibility index (Phi) is 5.20. The third-order valence-electron chi connectivity index (χ3n) is 5.51. The normalized spacial score (nSPS) is 25.2. The minimum absolute atomic E-state index is 0.0398. The molecule has 1 aromatic carbocycles. The predicted octanol–water partition coefficient (Wildman–Crippen LogP) is 4.34. The summed E-state index contributed by atoms with van der Waals surface area (Å²) >= 11 is 7.44. The van der Waals surface area contributed by atoms with E-state index in [0.717, 1.165) is 29.0 Å². The van der Waals surface area contributed by atoms with Crippen molar-refractivity contribution in [2.75, 3.05) is 7.05 Å². The van der Waals surface area contributed by atoms with Crippen molar-refractivity contribution in [3.63, 3.8) is 0 Å². The van der Waals surface area contributed by atoms with Gasteiger partial charge in [-0.2, -0.15) is 0 Å². The quantitative estimate of drug-likeness (QED) is 0.825. The number of nitrogens with one attached hydrogen (secondary N) is 1. The van der Waals surface area contributed by atoms with Crippen LogP contribution in [0.5, 0.6) is 5.75 Å². The Morgan fingerprint density at radius 1 is 1.31 bits per heavy atom. The second-order valence-corrected chi connectivity index (χ2v) is 8.61. The minimum atomic E-state index is 0.0398.